The van der Waals surface area contributed by atoms with Gasteiger partial charge in [0, 0.05) is 60.9 Å². The van der Waals surface area contributed by atoms with Crippen LogP contribution in [0.5, 0.6) is 0 Å². The Balaban J connectivity index is 1.09. The Bertz CT molecular complexity index is 2030. The number of piperidine rings is 1. The second kappa shape index (κ2) is 19.4. The van der Waals surface area contributed by atoms with Crippen molar-refractivity contribution in [2.45, 2.75) is 110 Å². The number of aromatic nitrogens is 4. The Labute approximate surface area is 347 Å². The van der Waals surface area contributed by atoms with Gasteiger partial charge in [-0.3, -0.25) is 14.4 Å². The number of hydrogen-bond donors (Lipinski definition) is 5. The van der Waals surface area contributed by atoms with Gasteiger partial charge in [0.1, 0.15) is 11.6 Å². The van der Waals surface area contributed by atoms with E-state index in [1.807, 2.05) is 70.2 Å². The Morgan fingerprint density at radius 1 is 0.881 bits per heavy atom. The molecule has 6 rings (SSSR count). The highest BCUT2D eigenvalue weighted by molar-refractivity contribution is 5.98. The molecule has 1 aromatic heterocycles. The fourth-order valence-electron chi connectivity index (χ4n) is 7.90. The van der Waals surface area contributed by atoms with Gasteiger partial charge < -0.3 is 30.9 Å². The van der Waals surface area contributed by atoms with Crippen molar-refractivity contribution in [2.75, 3.05) is 25.0 Å². The number of nitrogens with one attached hydrogen (secondary N) is 5. The van der Waals surface area contributed by atoms with Crippen LogP contribution in [-0.2, 0) is 20.7 Å². The maximum atomic E-state index is 13.9. The summed E-state index contributed by atoms with van der Waals surface area (Å²) >= 11 is 0. The number of alkyl carbamates (subject to hydrolysis) is 1. The van der Waals surface area contributed by atoms with Gasteiger partial charge in [-0.15, -0.1) is 10.2 Å². The number of H-pyrrole nitrogens is 1. The van der Waals surface area contributed by atoms with Gasteiger partial charge in [-0.2, -0.15) is 5.21 Å². The highest BCUT2D eigenvalue weighted by Gasteiger charge is 2.31. The summed E-state index contributed by atoms with van der Waals surface area (Å²) in [6.45, 7) is 14.4. The molecule has 1 saturated carbocycles. The quantitative estimate of drug-likeness (QED) is 0.102. The maximum Gasteiger partial charge on any atom is 0.407 e. The van der Waals surface area contributed by atoms with Crippen LogP contribution in [0.25, 0.3) is 22.5 Å². The van der Waals surface area contributed by atoms with Crippen molar-refractivity contribution in [3.8, 4) is 22.5 Å². The lowest BCUT2D eigenvalue weighted by Gasteiger charge is -2.34. The zero-order valence-electron chi connectivity index (χ0n) is 35.1. The van der Waals surface area contributed by atoms with Crippen molar-refractivity contribution in [1.82, 2.24) is 41.5 Å². The van der Waals surface area contributed by atoms with Gasteiger partial charge >= 0.3 is 6.09 Å². The summed E-state index contributed by atoms with van der Waals surface area (Å²) in [4.78, 5) is 55.4. The molecule has 2 heterocycles. The minimum absolute atomic E-state index is 0.0458. The van der Waals surface area contributed by atoms with Gasteiger partial charge in [0.2, 0.25) is 17.6 Å². The van der Waals surface area contributed by atoms with Crippen molar-refractivity contribution < 1.29 is 23.9 Å². The summed E-state index contributed by atoms with van der Waals surface area (Å²) in [6.07, 6.45) is 4.62. The number of amides is 4. The molecule has 2 aliphatic rings. The van der Waals surface area contributed by atoms with E-state index in [2.05, 4.69) is 60.6 Å². The third-order valence-corrected chi connectivity index (χ3v) is 11.3. The predicted octanol–water partition coefficient (Wildman–Crippen LogP) is 6.44. The second-order valence-electron chi connectivity index (χ2n) is 17.3. The van der Waals surface area contributed by atoms with Gasteiger partial charge in [0.25, 0.3) is 5.91 Å². The molecule has 3 aromatic carbocycles. The number of aryl methyl sites for hydroxylation is 1. The van der Waals surface area contributed by atoms with Gasteiger partial charge in [0.15, 0.2) is 0 Å². The molecular formula is C45H59N9O5. The molecule has 2 fully saturated rings. The average molecular weight is 806 g/mol. The molecule has 0 radical (unpaired) electrons. The summed E-state index contributed by atoms with van der Waals surface area (Å²) in [5.74, 6) is -0.0963. The van der Waals surface area contributed by atoms with Crippen molar-refractivity contribution in [1.29, 1.82) is 0 Å². The fraction of sp³-hybridized carbons (Fsp3) is 0.489. The van der Waals surface area contributed by atoms with Gasteiger partial charge in [-0.05, 0) is 150 Å². The van der Waals surface area contributed by atoms with E-state index in [4.69, 9.17) is 4.74 Å². The number of nitrogens with zero attached hydrogens (tertiary/aromatic N) is 4. The molecule has 5 N–H and O–H groups in total. The summed E-state index contributed by atoms with van der Waals surface area (Å²) in [6, 6.07) is 20.8. The molecule has 314 valence electrons. The van der Waals surface area contributed by atoms with Crippen LogP contribution in [0.15, 0.2) is 66.7 Å². The van der Waals surface area contributed by atoms with Crippen LogP contribution in [0, 0.1) is 18.8 Å². The van der Waals surface area contributed by atoms with E-state index in [1.165, 1.54) is 0 Å². The zero-order chi connectivity index (χ0) is 42.1. The molecule has 4 amide bonds. The number of benzene rings is 3. The third kappa shape index (κ3) is 12.2. The predicted molar refractivity (Wildman–Crippen MR) is 227 cm³/mol. The highest BCUT2D eigenvalue weighted by Crippen LogP contribution is 2.30. The van der Waals surface area contributed by atoms with Gasteiger partial charge in [0.05, 0.1) is 0 Å². The summed E-state index contributed by atoms with van der Waals surface area (Å²) < 4.78 is 5.37. The van der Waals surface area contributed by atoms with Crippen LogP contribution < -0.4 is 21.3 Å². The Morgan fingerprint density at radius 3 is 2.17 bits per heavy atom. The third-order valence-electron chi connectivity index (χ3n) is 11.3. The van der Waals surface area contributed by atoms with E-state index in [1.54, 1.807) is 24.3 Å². The molecule has 14 nitrogen and oxygen atoms in total. The number of likely N-dealkylation sites (tertiary alicyclic amines) is 1. The standard InChI is InChI=1S/C45H59N9O5/c1-28(2)54-23-21-37(22-24-54)47-42(56)35-17-20-38(29(3)25-35)32-11-7-30(8-12-32)26-39(43(57)48-36-18-15-33(16-19-36)40-50-52-53-51-40)49-41(55)34-13-9-31(10-14-34)27-46-44(58)59-45(4,5)6/h7-8,11-12,15-20,25,28,31,34,37,39H,9-10,13-14,21-24,26-27H2,1-6H3,(H,46,58)(H,47,56)(H,48,57)(H,49,55)(H,50,51,52,53)/t31?,34?,39-/m0/s1. The van der Waals surface area contributed by atoms with Crippen molar-refractivity contribution in [2.24, 2.45) is 11.8 Å². The van der Waals surface area contributed by atoms with Crippen molar-refractivity contribution >= 4 is 29.5 Å². The maximum absolute atomic E-state index is 13.9. The van der Waals surface area contributed by atoms with E-state index < -0.39 is 17.7 Å². The summed E-state index contributed by atoms with van der Waals surface area (Å²) in [5.41, 5.74) is 5.27. The van der Waals surface area contributed by atoms with E-state index in [-0.39, 0.29) is 42.0 Å². The van der Waals surface area contributed by atoms with Crippen molar-refractivity contribution in [3.05, 3.63) is 83.4 Å². The number of ether oxygens (including phenoxy) is 1. The topological polar surface area (TPSA) is 183 Å². The van der Waals surface area contributed by atoms with E-state index in [0.717, 1.165) is 66.6 Å². The average Bonchev–Trinajstić information content (AvgIpc) is 3.76. The largest absolute Gasteiger partial charge is 0.444 e. The number of anilines is 1. The SMILES string of the molecule is Cc1cc(C(=O)NC2CCN(C(C)C)CC2)ccc1-c1ccc(C[C@H](NC(=O)C2CCC(CNC(=O)OC(C)(C)C)CC2)C(=O)Nc2ccc(-c3nn[nH]n3)cc2)cc1. The number of carbonyl (C=O) groups is 4. The van der Waals surface area contributed by atoms with E-state index >= 15 is 0 Å². The minimum atomic E-state index is -0.839. The van der Waals surface area contributed by atoms with Gasteiger partial charge in [-0.1, -0.05) is 30.3 Å². The van der Waals surface area contributed by atoms with E-state index in [9.17, 15) is 19.2 Å². The fourth-order valence-corrected chi connectivity index (χ4v) is 7.90. The first-order valence-electron chi connectivity index (χ1n) is 20.9. The Hall–Kier alpha value is -5.63. The molecule has 0 spiro atoms. The molecule has 4 aromatic rings. The van der Waals surface area contributed by atoms with Crippen LogP contribution in [0.1, 0.15) is 94.6 Å². The van der Waals surface area contributed by atoms with E-state index in [0.29, 0.717) is 42.5 Å². The number of aromatic amines is 1. The zero-order valence-corrected chi connectivity index (χ0v) is 35.1. The first kappa shape index (κ1) is 43.0. The molecule has 59 heavy (non-hydrogen) atoms. The van der Waals surface area contributed by atoms with Crippen LogP contribution >= 0.6 is 0 Å². The summed E-state index contributed by atoms with van der Waals surface area (Å²) in [5, 5.41) is 26.2. The van der Waals surface area contributed by atoms with Crippen LogP contribution in [0.4, 0.5) is 10.5 Å². The smallest absolute Gasteiger partial charge is 0.407 e. The molecule has 14 heteroatoms. The lowest BCUT2D eigenvalue weighted by Crippen LogP contribution is -2.48. The van der Waals surface area contributed by atoms with Crippen LogP contribution in [0.2, 0.25) is 0 Å². The Morgan fingerprint density at radius 2 is 1.56 bits per heavy atom. The number of tetrazole rings is 1. The molecule has 0 unspecified atom stereocenters. The lowest BCUT2D eigenvalue weighted by atomic mass is 9.81. The van der Waals surface area contributed by atoms with Gasteiger partial charge in [-0.25, -0.2) is 4.79 Å². The van der Waals surface area contributed by atoms with Crippen LogP contribution in [0.3, 0.4) is 0 Å². The monoisotopic (exact) mass is 805 g/mol. The van der Waals surface area contributed by atoms with Crippen LogP contribution in [-0.4, -0.2) is 92.7 Å². The second-order valence-corrected chi connectivity index (χ2v) is 17.3. The highest BCUT2D eigenvalue weighted by atomic mass is 16.6. The number of rotatable bonds is 13. The molecular weight excluding hydrogens is 747 g/mol. The summed E-state index contributed by atoms with van der Waals surface area (Å²) in [7, 11) is 0. The molecule has 1 atom stereocenters. The molecule has 1 aliphatic heterocycles. The minimum Gasteiger partial charge on any atom is -0.444 e. The number of carbonyl (C=O) groups excluding carboxylic acids is 4. The van der Waals surface area contributed by atoms with Crippen molar-refractivity contribution in [3.63, 3.8) is 0 Å². The molecule has 0 bridgehead atoms. The lowest BCUT2D eigenvalue weighted by molar-refractivity contribution is -0.130. The molecule has 1 aliphatic carbocycles. The normalized spacial score (nSPS) is 18.2. The first-order chi connectivity index (χ1) is 28.2. The molecule has 1 saturated heterocycles. The Kier molecular flexibility index (Phi) is 14.1. The number of hydrogen-bond acceptors (Lipinski definition) is 9. The first-order valence-corrected chi connectivity index (χ1v) is 20.9.